The number of nitrogens with zero attached hydrogens (tertiary/aromatic N) is 2. The van der Waals surface area contributed by atoms with Crippen LogP contribution >= 0.6 is 0 Å². The molecule has 5 N–H and O–H groups in total. The first-order valence-electron chi connectivity index (χ1n) is 27.4. The second-order valence-corrected chi connectivity index (χ2v) is 22.0. The number of piperidine rings is 3. The average Bonchev–Trinajstić information content (AvgIpc) is 3.24. The fourth-order valence-electron chi connectivity index (χ4n) is 9.49. The topological polar surface area (TPSA) is 119 Å². The van der Waals surface area contributed by atoms with E-state index in [0.717, 1.165) is 25.0 Å². The van der Waals surface area contributed by atoms with Gasteiger partial charge in [0.15, 0.2) is 0 Å². The first kappa shape index (κ1) is 61.7. The molecule has 0 radical (unpaired) electrons. The summed E-state index contributed by atoms with van der Waals surface area (Å²) in [5, 5.41) is 16.4. The van der Waals surface area contributed by atoms with Gasteiger partial charge in [0.1, 0.15) is 0 Å². The molecular weight excluding hydrogens is 811 g/mol. The van der Waals surface area contributed by atoms with E-state index in [1.54, 1.807) is 0 Å². The number of nitrogens with one attached hydrogen (secondary N) is 5. The molecule has 6 fully saturated rings. The molecule has 3 heterocycles. The third kappa shape index (κ3) is 35.4. The molecular formula is C54H111N7O4. The highest BCUT2D eigenvalue weighted by molar-refractivity contribution is 5.78. The van der Waals surface area contributed by atoms with E-state index in [-0.39, 0.29) is 17.7 Å². The molecule has 0 aromatic heterocycles. The third-order valence-electron chi connectivity index (χ3n) is 12.9. The molecule has 6 rings (SSSR count). The zero-order valence-electron chi connectivity index (χ0n) is 45.3. The molecule has 1 atom stereocenters. The van der Waals surface area contributed by atoms with Crippen LogP contribution in [0.3, 0.4) is 0 Å². The van der Waals surface area contributed by atoms with Gasteiger partial charge < -0.3 is 45.9 Å². The lowest BCUT2D eigenvalue weighted by atomic mass is 9.95. The number of likely N-dealkylation sites (tertiary alicyclic amines) is 2. The van der Waals surface area contributed by atoms with Gasteiger partial charge >= 0.3 is 0 Å². The zero-order chi connectivity index (χ0) is 48.6. The molecule has 386 valence electrons. The van der Waals surface area contributed by atoms with E-state index in [1.165, 1.54) is 148 Å². The van der Waals surface area contributed by atoms with Gasteiger partial charge in [-0.3, -0.25) is 9.59 Å². The van der Waals surface area contributed by atoms with Gasteiger partial charge in [-0.1, -0.05) is 113 Å². The minimum Gasteiger partial charge on any atom is -0.376 e. The van der Waals surface area contributed by atoms with Crippen LogP contribution in [0.1, 0.15) is 218 Å². The number of carbonyl (C=O) groups is 2. The third-order valence-corrected chi connectivity index (χ3v) is 12.9. The maximum Gasteiger partial charge on any atom is 0.222 e. The Kier molecular flexibility index (Phi) is 35.6. The Hall–Kier alpha value is -1.34. The summed E-state index contributed by atoms with van der Waals surface area (Å²) in [5.74, 6) is 0.517. The molecule has 11 heteroatoms. The molecule has 0 aromatic rings. The maximum absolute atomic E-state index is 11.3. The van der Waals surface area contributed by atoms with Crippen LogP contribution in [0.5, 0.6) is 0 Å². The van der Waals surface area contributed by atoms with Crippen molar-refractivity contribution in [2.75, 3.05) is 46.8 Å². The van der Waals surface area contributed by atoms with E-state index >= 15 is 0 Å². The summed E-state index contributed by atoms with van der Waals surface area (Å²) in [6.07, 6.45) is 28.8. The van der Waals surface area contributed by atoms with Crippen molar-refractivity contribution in [2.24, 2.45) is 5.92 Å². The lowest BCUT2D eigenvalue weighted by Crippen LogP contribution is -2.45. The van der Waals surface area contributed by atoms with Crippen LogP contribution in [0.2, 0.25) is 0 Å². The summed E-state index contributed by atoms with van der Waals surface area (Å²) in [6, 6.07) is 4.25. The van der Waals surface area contributed by atoms with E-state index in [1.807, 2.05) is 13.8 Å². The van der Waals surface area contributed by atoms with Crippen molar-refractivity contribution < 1.29 is 19.1 Å². The highest BCUT2D eigenvalue weighted by Crippen LogP contribution is 2.22. The fourth-order valence-corrected chi connectivity index (χ4v) is 9.49. The van der Waals surface area contributed by atoms with Crippen molar-refractivity contribution in [1.82, 2.24) is 36.4 Å². The van der Waals surface area contributed by atoms with E-state index in [4.69, 9.17) is 9.47 Å². The highest BCUT2D eigenvalue weighted by Gasteiger charge is 2.21. The molecule has 3 saturated heterocycles. The smallest absolute Gasteiger partial charge is 0.222 e. The predicted octanol–water partition coefficient (Wildman–Crippen LogP) is 10.00. The minimum absolute atomic E-state index is 0.131. The van der Waals surface area contributed by atoms with Crippen molar-refractivity contribution in [3.63, 3.8) is 0 Å². The van der Waals surface area contributed by atoms with E-state index < -0.39 is 0 Å². The number of hydrogen-bond acceptors (Lipinski definition) is 9. The van der Waals surface area contributed by atoms with Crippen LogP contribution in [0.15, 0.2) is 0 Å². The number of amides is 2. The van der Waals surface area contributed by atoms with Crippen molar-refractivity contribution in [3.05, 3.63) is 0 Å². The minimum atomic E-state index is 0.131. The monoisotopic (exact) mass is 922 g/mol. The largest absolute Gasteiger partial charge is 0.376 e. The van der Waals surface area contributed by atoms with Crippen molar-refractivity contribution in [2.45, 2.75) is 285 Å². The normalized spacial score (nSPS) is 22.4. The summed E-state index contributed by atoms with van der Waals surface area (Å²) in [7, 11) is 4.37. The number of carbonyl (C=O) groups excluding carboxylic acids is 2. The Morgan fingerprint density at radius 2 is 0.862 bits per heavy atom. The Labute approximate surface area is 403 Å². The Balaban J connectivity index is 0.000000390. The molecule has 65 heavy (non-hydrogen) atoms. The average molecular weight is 923 g/mol. The van der Waals surface area contributed by atoms with Crippen molar-refractivity contribution >= 4 is 11.8 Å². The van der Waals surface area contributed by atoms with Crippen molar-refractivity contribution in [1.29, 1.82) is 0 Å². The first-order valence-corrected chi connectivity index (χ1v) is 27.4. The molecule has 0 bridgehead atoms. The number of rotatable bonds is 12. The van der Waals surface area contributed by atoms with Crippen LogP contribution in [0, 0.1) is 5.92 Å². The van der Waals surface area contributed by atoms with Crippen LogP contribution in [0.4, 0.5) is 0 Å². The molecule has 2 amide bonds. The Morgan fingerprint density at radius 3 is 1.26 bits per heavy atom. The van der Waals surface area contributed by atoms with Gasteiger partial charge in [-0.2, -0.15) is 0 Å². The Bertz CT molecular complexity index is 1070. The SMILES string of the molecule is CC(C)C(=O)NC1CCCCC1.CC(C)NC1CCCCC1.CC(C)NC1CCN(C)CC1.CC(C)NC1CCNC(=O)C1.CC(C)OC1CCCCC1.CC(C)OC1CCN(C)CC1. The summed E-state index contributed by atoms with van der Waals surface area (Å²) in [5.41, 5.74) is 0. The number of hydrogen-bond donors (Lipinski definition) is 5. The fraction of sp³-hybridized carbons (Fsp3) is 0.963. The first-order chi connectivity index (χ1) is 30.8. The van der Waals surface area contributed by atoms with Gasteiger partial charge in [-0.25, -0.2) is 0 Å². The summed E-state index contributed by atoms with van der Waals surface area (Å²) in [6.45, 7) is 31.2. The second-order valence-electron chi connectivity index (χ2n) is 22.0. The molecule has 3 aliphatic heterocycles. The highest BCUT2D eigenvalue weighted by atomic mass is 16.5. The van der Waals surface area contributed by atoms with E-state index in [2.05, 4.69) is 120 Å². The lowest BCUT2D eigenvalue weighted by Gasteiger charge is -2.30. The van der Waals surface area contributed by atoms with Crippen LogP contribution < -0.4 is 26.6 Å². The van der Waals surface area contributed by atoms with Crippen LogP contribution in [-0.4, -0.2) is 135 Å². The van der Waals surface area contributed by atoms with Gasteiger partial charge in [0.25, 0.3) is 0 Å². The van der Waals surface area contributed by atoms with Gasteiger partial charge in [0.05, 0.1) is 24.4 Å². The molecule has 6 aliphatic rings. The molecule has 1 unspecified atom stereocenters. The zero-order valence-corrected chi connectivity index (χ0v) is 45.3. The standard InChI is InChI=1S/C10H19NO.C9H20N2.C9H19NO.C9H19N.C9H18O.C8H16N2O/c1-8(2)10(12)11-9-6-4-3-5-7-9;1-8(2)10-9-4-6-11(3)7-5-9;1-8(2)11-9-4-6-10(3)7-5-9;2*1-8(2)10-9-6-4-3-5-7-9;1-6(2)10-7-3-4-9-8(11)5-7/h8-9H,3-7H2,1-2H3,(H,11,12);8-10H,4-7H2,1-3H3;8-9H,4-7H2,1-3H3;8-10H,3-7H2,1-2H3;8-9H,3-7H2,1-2H3;6-7,10H,3-5H2,1-2H3,(H,9,11). The van der Waals surface area contributed by atoms with Crippen molar-refractivity contribution in [3.8, 4) is 0 Å². The summed E-state index contributed by atoms with van der Waals surface area (Å²) >= 11 is 0. The van der Waals surface area contributed by atoms with Gasteiger partial charge in [0, 0.05) is 74.3 Å². The molecule has 0 aromatic carbocycles. The van der Waals surface area contributed by atoms with Crippen LogP contribution in [0.25, 0.3) is 0 Å². The summed E-state index contributed by atoms with van der Waals surface area (Å²) < 4.78 is 11.4. The number of ether oxygens (including phenoxy) is 2. The molecule has 3 aliphatic carbocycles. The van der Waals surface area contributed by atoms with Gasteiger partial charge in [-0.15, -0.1) is 0 Å². The maximum atomic E-state index is 11.3. The van der Waals surface area contributed by atoms with Gasteiger partial charge in [-0.05, 0) is 126 Å². The molecule has 0 spiro atoms. The lowest BCUT2D eigenvalue weighted by molar-refractivity contribution is -0.125. The van der Waals surface area contributed by atoms with Crippen LogP contribution in [-0.2, 0) is 19.1 Å². The van der Waals surface area contributed by atoms with Gasteiger partial charge in [0.2, 0.25) is 11.8 Å². The van der Waals surface area contributed by atoms with E-state index in [9.17, 15) is 9.59 Å². The predicted molar refractivity (Wildman–Crippen MR) is 278 cm³/mol. The molecule has 3 saturated carbocycles. The Morgan fingerprint density at radius 1 is 0.492 bits per heavy atom. The molecule has 11 nitrogen and oxygen atoms in total. The second kappa shape index (κ2) is 37.5. The quantitative estimate of drug-likeness (QED) is 0.130. The van der Waals surface area contributed by atoms with E-state index in [0.29, 0.717) is 61.0 Å². The summed E-state index contributed by atoms with van der Waals surface area (Å²) in [4.78, 5) is 27.0.